The number of rotatable bonds is 2. The predicted octanol–water partition coefficient (Wildman–Crippen LogP) is 4.56. The van der Waals surface area contributed by atoms with Gasteiger partial charge in [-0.25, -0.2) is 0 Å². The highest BCUT2D eigenvalue weighted by molar-refractivity contribution is 5.24. The van der Waals surface area contributed by atoms with Crippen molar-refractivity contribution >= 4 is 0 Å². The van der Waals surface area contributed by atoms with E-state index in [9.17, 15) is 57.1 Å². The average Bonchev–Trinajstić information content (AvgIpc) is 2.11. The zero-order valence-electron chi connectivity index (χ0n) is 8.99. The molecule has 0 aliphatic heterocycles. The smallest absolute Gasteiger partial charge is 0.197 e. The van der Waals surface area contributed by atoms with Crippen LogP contribution in [-0.2, 0) is 0 Å². The Morgan fingerprint density at radius 3 is 0.905 bits per heavy atom. The highest BCUT2D eigenvalue weighted by atomic mass is 19.4. The van der Waals surface area contributed by atoms with Crippen LogP contribution in [0.25, 0.3) is 0 Å². The molecule has 0 aromatic heterocycles. The molecule has 124 valence electrons. The van der Waals surface area contributed by atoms with Gasteiger partial charge in [-0.1, -0.05) is 5.92 Å². The van der Waals surface area contributed by atoms with E-state index in [-0.39, 0.29) is 0 Å². The monoisotopic (exact) mass is 344 g/mol. The Labute approximate surface area is 106 Å². The summed E-state index contributed by atoms with van der Waals surface area (Å²) in [5.41, 5.74) is -7.02. The third kappa shape index (κ3) is 2.38. The first-order valence-electron chi connectivity index (χ1n) is 4.25. The lowest BCUT2D eigenvalue weighted by Crippen LogP contribution is -2.69. The van der Waals surface area contributed by atoms with Crippen molar-refractivity contribution in [2.24, 2.45) is 5.41 Å². The first kappa shape index (κ1) is 19.7. The fourth-order valence-corrected chi connectivity index (χ4v) is 1.18. The van der Waals surface area contributed by atoms with Crippen LogP contribution in [0.2, 0.25) is 0 Å². The number of alkyl halides is 13. The molecule has 0 nitrogen and oxygen atoms in total. The lowest BCUT2D eigenvalue weighted by molar-refractivity contribution is -0.442. The Balaban J connectivity index is 6.70. The van der Waals surface area contributed by atoms with Crippen LogP contribution in [0.4, 0.5) is 57.1 Å². The molecule has 21 heavy (non-hydrogen) atoms. The second-order valence-electron chi connectivity index (χ2n) is 3.54. The summed E-state index contributed by atoms with van der Waals surface area (Å²) in [5.74, 6) is -16.1. The summed E-state index contributed by atoms with van der Waals surface area (Å²) < 4.78 is 160. The lowest BCUT2D eigenvalue weighted by Gasteiger charge is -2.42. The van der Waals surface area contributed by atoms with Crippen LogP contribution in [0.5, 0.6) is 0 Å². The van der Waals surface area contributed by atoms with Crippen molar-refractivity contribution in [3.05, 3.63) is 0 Å². The van der Waals surface area contributed by atoms with E-state index in [0.29, 0.717) is 0 Å². The quantitative estimate of drug-likeness (QED) is 0.509. The van der Waals surface area contributed by atoms with Gasteiger partial charge in [0.15, 0.2) is 0 Å². The van der Waals surface area contributed by atoms with Crippen molar-refractivity contribution < 1.29 is 57.1 Å². The Morgan fingerprint density at radius 2 is 0.762 bits per heavy atom. The van der Waals surface area contributed by atoms with Gasteiger partial charge in [0.05, 0.1) is 0 Å². The second kappa shape index (κ2) is 4.57. The van der Waals surface area contributed by atoms with Gasteiger partial charge in [0.25, 0.3) is 5.41 Å². The van der Waals surface area contributed by atoms with Crippen LogP contribution in [-0.4, -0.2) is 30.4 Å². The van der Waals surface area contributed by atoms with Gasteiger partial charge in [0.1, 0.15) is 0 Å². The van der Waals surface area contributed by atoms with E-state index in [1.54, 1.807) is 0 Å². The zero-order chi connectivity index (χ0) is 17.7. The summed E-state index contributed by atoms with van der Waals surface area (Å²) in [5, 5.41) is 0. The highest BCUT2D eigenvalue weighted by Crippen LogP contribution is 2.64. The minimum Gasteiger partial charge on any atom is -0.197 e. The van der Waals surface area contributed by atoms with Gasteiger partial charge >= 0.3 is 30.4 Å². The molecule has 0 unspecified atom stereocenters. The van der Waals surface area contributed by atoms with E-state index >= 15 is 0 Å². The third-order valence-corrected chi connectivity index (χ3v) is 2.29. The van der Waals surface area contributed by atoms with Gasteiger partial charge in [0, 0.05) is 0 Å². The number of halogens is 13. The van der Waals surface area contributed by atoms with E-state index in [2.05, 4.69) is 6.42 Å². The molecule has 0 N–H and O–H groups in total. The molecule has 0 fully saturated rings. The van der Waals surface area contributed by atoms with E-state index in [1.165, 1.54) is 0 Å². The van der Waals surface area contributed by atoms with Gasteiger partial charge < -0.3 is 0 Å². The summed E-state index contributed by atoms with van der Waals surface area (Å²) in [6.45, 7) is 0. The molecule has 0 aromatic carbocycles. The number of hydrogen-bond donors (Lipinski definition) is 0. The molecule has 0 rings (SSSR count). The molecule has 0 aliphatic rings. The van der Waals surface area contributed by atoms with Gasteiger partial charge in [-0.3, -0.25) is 0 Å². The zero-order valence-corrected chi connectivity index (χ0v) is 8.99. The van der Waals surface area contributed by atoms with Crippen LogP contribution < -0.4 is 0 Å². The first-order chi connectivity index (χ1) is 8.81. The maximum atomic E-state index is 13.0. The SMILES string of the molecule is C#CC(C(F)(F)F)(C(F)(F)F)C(F)(F)C(F)(F)C(F)(F)F. The van der Waals surface area contributed by atoms with Crippen molar-refractivity contribution in [1.82, 2.24) is 0 Å². The summed E-state index contributed by atoms with van der Waals surface area (Å²) in [7, 11) is 0. The maximum Gasteiger partial charge on any atom is 0.459 e. The summed E-state index contributed by atoms with van der Waals surface area (Å²) in [4.78, 5) is 0. The average molecular weight is 344 g/mol. The van der Waals surface area contributed by atoms with Crippen LogP contribution in [0, 0.1) is 17.8 Å². The maximum absolute atomic E-state index is 13.0. The molecule has 0 heterocycles. The Kier molecular flexibility index (Phi) is 4.28. The van der Waals surface area contributed by atoms with Crippen LogP contribution >= 0.6 is 0 Å². The summed E-state index contributed by atoms with van der Waals surface area (Å²) in [6.07, 6.45) is -18.4. The molecule has 0 spiro atoms. The molecular weight excluding hydrogens is 343 g/mol. The van der Waals surface area contributed by atoms with Crippen LogP contribution in [0.1, 0.15) is 0 Å². The molecule has 0 aromatic rings. The normalized spacial score (nSPS) is 15.8. The van der Waals surface area contributed by atoms with Crippen LogP contribution in [0.15, 0.2) is 0 Å². The minimum absolute atomic E-state index is 0.666. The molecule has 0 atom stereocenters. The van der Waals surface area contributed by atoms with E-state index in [0.717, 1.165) is 0 Å². The third-order valence-electron chi connectivity index (χ3n) is 2.29. The first-order valence-corrected chi connectivity index (χ1v) is 4.25. The standard InChI is InChI=1S/C8HF13/c1-2-3(6(13,14)15,7(16,17)18)4(9,10)5(11,12)8(19,20)21/h1H. The van der Waals surface area contributed by atoms with Gasteiger partial charge in [-0.15, -0.1) is 6.42 Å². The van der Waals surface area contributed by atoms with E-state index in [1.807, 2.05) is 0 Å². The van der Waals surface area contributed by atoms with Crippen molar-refractivity contribution in [1.29, 1.82) is 0 Å². The van der Waals surface area contributed by atoms with Gasteiger partial charge in [-0.05, 0) is 0 Å². The molecule has 0 saturated heterocycles. The van der Waals surface area contributed by atoms with E-state index < -0.39 is 41.7 Å². The van der Waals surface area contributed by atoms with Crippen molar-refractivity contribution in [2.75, 3.05) is 0 Å². The predicted molar refractivity (Wildman–Crippen MR) is 39.3 cm³/mol. The summed E-state index contributed by atoms with van der Waals surface area (Å²) >= 11 is 0. The van der Waals surface area contributed by atoms with Crippen molar-refractivity contribution in [3.8, 4) is 12.3 Å². The fourth-order valence-electron chi connectivity index (χ4n) is 1.18. The Hall–Kier alpha value is -1.35. The number of hydrogen-bond acceptors (Lipinski definition) is 0. The topological polar surface area (TPSA) is 0 Å². The Morgan fingerprint density at radius 1 is 0.476 bits per heavy atom. The fraction of sp³-hybridized carbons (Fsp3) is 0.750. The largest absolute Gasteiger partial charge is 0.459 e. The van der Waals surface area contributed by atoms with Crippen molar-refractivity contribution in [3.63, 3.8) is 0 Å². The number of terminal acetylenes is 1. The second-order valence-corrected chi connectivity index (χ2v) is 3.54. The van der Waals surface area contributed by atoms with Gasteiger partial charge in [0.2, 0.25) is 0 Å². The van der Waals surface area contributed by atoms with Crippen LogP contribution in [0.3, 0.4) is 0 Å². The van der Waals surface area contributed by atoms with Gasteiger partial charge in [-0.2, -0.15) is 57.1 Å². The lowest BCUT2D eigenvalue weighted by atomic mass is 9.77. The van der Waals surface area contributed by atoms with Crippen molar-refractivity contribution in [2.45, 2.75) is 30.4 Å². The Bertz CT molecular complexity index is 411. The molecule has 0 bridgehead atoms. The summed E-state index contributed by atoms with van der Waals surface area (Å²) in [6, 6.07) is 0. The minimum atomic E-state index is -7.73. The molecular formula is C8HF13. The molecule has 0 amide bonds. The molecule has 13 heteroatoms. The molecule has 0 saturated carbocycles. The highest BCUT2D eigenvalue weighted by Gasteiger charge is 2.92. The van der Waals surface area contributed by atoms with E-state index in [4.69, 9.17) is 0 Å². The molecule has 0 radical (unpaired) electrons. The molecule has 0 aliphatic carbocycles.